The third-order valence-corrected chi connectivity index (χ3v) is 3.62. The van der Waals surface area contributed by atoms with E-state index in [2.05, 4.69) is 15.8 Å². The summed E-state index contributed by atoms with van der Waals surface area (Å²) in [5, 5.41) is 16.1. The number of rotatable bonds is 6. The molecule has 0 bridgehead atoms. The number of phenols is 1. The third-order valence-electron chi connectivity index (χ3n) is 3.62. The van der Waals surface area contributed by atoms with Crippen molar-refractivity contribution in [2.45, 2.75) is 26.7 Å². The SMILES string of the molecule is Cc1cc(C=NNC(=O)CCC(=O)Nc2ccc(F)cc2)cc(C)c1O. The Morgan fingerprint density at radius 2 is 1.65 bits per heavy atom. The third kappa shape index (κ3) is 5.70. The molecule has 2 aromatic rings. The summed E-state index contributed by atoms with van der Waals surface area (Å²) in [7, 11) is 0. The van der Waals surface area contributed by atoms with E-state index in [1.54, 1.807) is 26.0 Å². The van der Waals surface area contributed by atoms with Gasteiger partial charge in [0.15, 0.2) is 0 Å². The van der Waals surface area contributed by atoms with Gasteiger partial charge in [-0.05, 0) is 66.9 Å². The summed E-state index contributed by atoms with van der Waals surface area (Å²) in [6.07, 6.45) is 1.42. The fraction of sp³-hybridized carbons (Fsp3) is 0.211. The van der Waals surface area contributed by atoms with Crippen molar-refractivity contribution in [3.8, 4) is 5.75 Å². The predicted molar refractivity (Wildman–Crippen MR) is 97.6 cm³/mol. The molecule has 0 aliphatic heterocycles. The van der Waals surface area contributed by atoms with Crippen molar-refractivity contribution in [1.29, 1.82) is 0 Å². The van der Waals surface area contributed by atoms with Crippen LogP contribution < -0.4 is 10.7 Å². The van der Waals surface area contributed by atoms with E-state index < -0.39 is 5.91 Å². The number of phenolic OH excluding ortho intramolecular Hbond substituents is 1. The van der Waals surface area contributed by atoms with Crippen LogP contribution in [0.25, 0.3) is 0 Å². The molecule has 0 unspecified atom stereocenters. The first kappa shape index (κ1) is 19.1. The zero-order chi connectivity index (χ0) is 19.1. The second-order valence-electron chi connectivity index (χ2n) is 5.85. The molecule has 2 aromatic carbocycles. The topological polar surface area (TPSA) is 90.8 Å². The van der Waals surface area contributed by atoms with Gasteiger partial charge in [0, 0.05) is 18.5 Å². The van der Waals surface area contributed by atoms with Gasteiger partial charge in [-0.3, -0.25) is 9.59 Å². The van der Waals surface area contributed by atoms with E-state index in [1.807, 2.05) is 0 Å². The molecular formula is C19H20FN3O3. The van der Waals surface area contributed by atoms with Gasteiger partial charge in [-0.1, -0.05) is 0 Å². The van der Waals surface area contributed by atoms with Crippen LogP contribution in [0.1, 0.15) is 29.5 Å². The second-order valence-corrected chi connectivity index (χ2v) is 5.85. The second kappa shape index (κ2) is 8.75. The number of anilines is 1. The van der Waals surface area contributed by atoms with Crippen LogP contribution >= 0.6 is 0 Å². The molecule has 0 atom stereocenters. The number of hydrogen-bond donors (Lipinski definition) is 3. The van der Waals surface area contributed by atoms with Crippen molar-refractivity contribution < 1.29 is 19.1 Å². The van der Waals surface area contributed by atoms with E-state index >= 15 is 0 Å². The van der Waals surface area contributed by atoms with Gasteiger partial charge in [0.25, 0.3) is 0 Å². The van der Waals surface area contributed by atoms with Crippen molar-refractivity contribution in [3.05, 3.63) is 58.9 Å². The number of nitrogens with one attached hydrogen (secondary N) is 2. The molecular weight excluding hydrogens is 337 g/mol. The van der Waals surface area contributed by atoms with Gasteiger partial charge in [0.2, 0.25) is 11.8 Å². The molecule has 7 heteroatoms. The summed E-state index contributed by atoms with van der Waals surface area (Å²) in [4.78, 5) is 23.5. The number of nitrogens with zero attached hydrogens (tertiary/aromatic N) is 1. The zero-order valence-corrected chi connectivity index (χ0v) is 14.5. The van der Waals surface area contributed by atoms with Crippen LogP contribution in [-0.2, 0) is 9.59 Å². The van der Waals surface area contributed by atoms with E-state index in [-0.39, 0.29) is 30.3 Å². The first-order valence-electron chi connectivity index (χ1n) is 8.02. The van der Waals surface area contributed by atoms with Gasteiger partial charge in [0.1, 0.15) is 11.6 Å². The van der Waals surface area contributed by atoms with Gasteiger partial charge in [-0.2, -0.15) is 5.10 Å². The highest BCUT2D eigenvalue weighted by atomic mass is 19.1. The Hall–Kier alpha value is -3.22. The molecule has 0 fully saturated rings. The number of aryl methyl sites for hydroxylation is 2. The normalized spacial score (nSPS) is 10.7. The van der Waals surface area contributed by atoms with Gasteiger partial charge in [-0.25, -0.2) is 9.82 Å². The monoisotopic (exact) mass is 357 g/mol. The lowest BCUT2D eigenvalue weighted by molar-refractivity contribution is -0.124. The average molecular weight is 357 g/mol. The largest absolute Gasteiger partial charge is 0.507 e. The van der Waals surface area contributed by atoms with Crippen LogP contribution in [0, 0.1) is 19.7 Å². The van der Waals surface area contributed by atoms with Crippen LogP contribution in [-0.4, -0.2) is 23.1 Å². The van der Waals surface area contributed by atoms with Crippen LogP contribution in [0.5, 0.6) is 5.75 Å². The molecule has 6 nitrogen and oxygen atoms in total. The molecule has 3 N–H and O–H groups in total. The Labute approximate surface area is 150 Å². The molecule has 0 aromatic heterocycles. The maximum Gasteiger partial charge on any atom is 0.240 e. The summed E-state index contributed by atoms with van der Waals surface area (Å²) in [5.74, 6) is -0.902. The van der Waals surface area contributed by atoms with Crippen molar-refractivity contribution in [2.75, 3.05) is 5.32 Å². The van der Waals surface area contributed by atoms with E-state index in [0.29, 0.717) is 5.69 Å². The number of benzene rings is 2. The minimum atomic E-state index is -0.400. The summed E-state index contributed by atoms with van der Waals surface area (Å²) >= 11 is 0. The maximum absolute atomic E-state index is 12.8. The van der Waals surface area contributed by atoms with E-state index in [4.69, 9.17) is 0 Å². The minimum Gasteiger partial charge on any atom is -0.507 e. The number of carbonyl (C=O) groups is 2. The first-order valence-corrected chi connectivity index (χ1v) is 8.02. The van der Waals surface area contributed by atoms with Crippen molar-refractivity contribution in [1.82, 2.24) is 5.43 Å². The lowest BCUT2D eigenvalue weighted by atomic mass is 10.1. The zero-order valence-electron chi connectivity index (χ0n) is 14.5. The molecule has 0 spiro atoms. The predicted octanol–water partition coefficient (Wildman–Crippen LogP) is 3.02. The lowest BCUT2D eigenvalue weighted by Crippen LogP contribution is -2.20. The molecule has 2 rings (SSSR count). The van der Waals surface area contributed by atoms with E-state index in [1.165, 1.54) is 30.5 Å². The van der Waals surface area contributed by atoms with Gasteiger partial charge < -0.3 is 10.4 Å². The fourth-order valence-corrected chi connectivity index (χ4v) is 2.28. The number of hydrogen-bond acceptors (Lipinski definition) is 4. The number of halogens is 1. The molecule has 0 heterocycles. The molecule has 0 aliphatic rings. The van der Waals surface area contributed by atoms with Crippen LogP contribution in [0.15, 0.2) is 41.5 Å². The molecule has 26 heavy (non-hydrogen) atoms. The quantitative estimate of drug-likeness (QED) is 0.548. The number of aromatic hydroxyl groups is 1. The standard InChI is InChI=1S/C19H20FN3O3/c1-12-9-14(10-13(2)19(12)26)11-21-23-18(25)8-7-17(24)22-16-5-3-15(20)4-6-16/h3-6,9-11,26H,7-8H2,1-2H3,(H,22,24)(H,23,25). The number of carbonyl (C=O) groups excluding carboxylic acids is 2. The Morgan fingerprint density at radius 3 is 2.27 bits per heavy atom. The van der Waals surface area contributed by atoms with Crippen molar-refractivity contribution in [2.24, 2.45) is 5.10 Å². The van der Waals surface area contributed by atoms with Crippen LogP contribution in [0.4, 0.5) is 10.1 Å². The highest BCUT2D eigenvalue weighted by Crippen LogP contribution is 2.21. The van der Waals surface area contributed by atoms with Gasteiger partial charge in [0.05, 0.1) is 6.21 Å². The van der Waals surface area contributed by atoms with Gasteiger partial charge >= 0.3 is 0 Å². The smallest absolute Gasteiger partial charge is 0.240 e. The Balaban J connectivity index is 1.78. The molecule has 0 saturated heterocycles. The summed E-state index contributed by atoms with van der Waals surface area (Å²) < 4.78 is 12.8. The molecule has 136 valence electrons. The van der Waals surface area contributed by atoms with E-state index in [0.717, 1.165) is 16.7 Å². The molecule has 0 radical (unpaired) electrons. The molecule has 0 saturated carbocycles. The number of amides is 2. The van der Waals surface area contributed by atoms with E-state index in [9.17, 15) is 19.1 Å². The summed E-state index contributed by atoms with van der Waals surface area (Å²) in [5.41, 5.74) is 4.99. The van der Waals surface area contributed by atoms with Gasteiger partial charge in [-0.15, -0.1) is 0 Å². The van der Waals surface area contributed by atoms with Crippen LogP contribution in [0.3, 0.4) is 0 Å². The lowest BCUT2D eigenvalue weighted by Gasteiger charge is -2.05. The molecule has 0 aliphatic carbocycles. The van der Waals surface area contributed by atoms with Crippen molar-refractivity contribution in [3.63, 3.8) is 0 Å². The highest BCUT2D eigenvalue weighted by molar-refractivity contribution is 5.93. The number of hydrazone groups is 1. The average Bonchev–Trinajstić information content (AvgIpc) is 2.60. The molecule has 2 amide bonds. The minimum absolute atomic E-state index is 0.0177. The fourth-order valence-electron chi connectivity index (χ4n) is 2.28. The highest BCUT2D eigenvalue weighted by Gasteiger charge is 2.07. The Morgan fingerprint density at radius 1 is 1.08 bits per heavy atom. The summed E-state index contributed by atoms with van der Waals surface area (Å²) in [6.45, 7) is 3.55. The van der Waals surface area contributed by atoms with Crippen molar-refractivity contribution >= 4 is 23.7 Å². The summed E-state index contributed by atoms with van der Waals surface area (Å²) in [6, 6.07) is 8.86. The Kier molecular flexibility index (Phi) is 6.43. The maximum atomic E-state index is 12.8. The first-order chi connectivity index (χ1) is 12.3. The van der Waals surface area contributed by atoms with Crippen LogP contribution in [0.2, 0.25) is 0 Å². The Bertz CT molecular complexity index is 809.